The molecule has 0 saturated carbocycles. The van der Waals surface area contributed by atoms with Crippen LogP contribution in [0, 0.1) is 0 Å². The van der Waals surface area contributed by atoms with E-state index in [1.807, 2.05) is 0 Å². The smallest absolute Gasteiger partial charge is 0.0270 e. The molecule has 5 nitrogen and oxygen atoms in total. The minimum absolute atomic E-state index is 0.614. The van der Waals surface area contributed by atoms with Gasteiger partial charge in [0.1, 0.15) is 0 Å². The highest BCUT2D eigenvalue weighted by molar-refractivity contribution is 4.75. The molecule has 1 saturated heterocycles. The molecule has 1 aliphatic rings. The summed E-state index contributed by atoms with van der Waals surface area (Å²) >= 11 is 0. The van der Waals surface area contributed by atoms with Crippen LogP contribution < -0.4 is 0 Å². The van der Waals surface area contributed by atoms with Crippen molar-refractivity contribution in [2.45, 2.75) is 25.8 Å². The molecule has 1 fully saturated rings. The second-order valence-electron chi connectivity index (χ2n) is 4.31. The van der Waals surface area contributed by atoms with Crippen molar-refractivity contribution in [2.24, 2.45) is 5.11 Å². The van der Waals surface area contributed by atoms with Crippen LogP contribution in [0.15, 0.2) is 5.11 Å². The van der Waals surface area contributed by atoms with Crippen LogP contribution >= 0.6 is 0 Å². The zero-order chi connectivity index (χ0) is 11.1. The maximum atomic E-state index is 8.17. The van der Waals surface area contributed by atoms with E-state index in [0.717, 1.165) is 19.5 Å². The monoisotopic (exact) mass is 211 g/mol. The maximum Gasteiger partial charge on any atom is 0.0270 e. The molecule has 0 N–H and O–H groups in total. The van der Waals surface area contributed by atoms with Crippen LogP contribution in [-0.2, 0) is 0 Å². The molecule has 0 aromatic carbocycles. The van der Waals surface area contributed by atoms with Gasteiger partial charge in [0.2, 0.25) is 0 Å². The van der Waals surface area contributed by atoms with E-state index in [1.165, 1.54) is 19.5 Å². The third kappa shape index (κ3) is 4.51. The molecule has 1 unspecified atom stereocenters. The van der Waals surface area contributed by atoms with Crippen LogP contribution in [0.5, 0.6) is 0 Å². The highest BCUT2D eigenvalue weighted by Crippen LogP contribution is 2.08. The summed E-state index contributed by atoms with van der Waals surface area (Å²) in [7, 11) is 2.18. The van der Waals surface area contributed by atoms with Gasteiger partial charge in [0, 0.05) is 24.0 Å². The molecule has 5 heteroatoms. The normalized spacial score (nSPS) is 24.5. The summed E-state index contributed by atoms with van der Waals surface area (Å²) in [5.41, 5.74) is 8.17. The van der Waals surface area contributed by atoms with Crippen LogP contribution in [-0.4, -0.2) is 55.6 Å². The van der Waals surface area contributed by atoms with Crippen molar-refractivity contribution in [3.8, 4) is 0 Å². The molecule has 0 bridgehead atoms. The predicted molar refractivity (Wildman–Crippen MR) is 61.8 cm³/mol. The molecule has 0 aromatic rings. The van der Waals surface area contributed by atoms with Crippen molar-refractivity contribution in [2.75, 3.05) is 39.8 Å². The average molecular weight is 211 g/mol. The summed E-state index contributed by atoms with van der Waals surface area (Å²) < 4.78 is 0. The van der Waals surface area contributed by atoms with Crippen LogP contribution in [0.3, 0.4) is 0 Å². The second kappa shape index (κ2) is 6.67. The largest absolute Gasteiger partial charge is 0.305 e. The standard InChI is InChI=1S/C10H21N5/c1-10-9-14(2)6-4-8-15(10)7-3-5-12-13-11/h10H,3-9H2,1-2H3. The Bertz CT molecular complexity index is 224. The lowest BCUT2D eigenvalue weighted by atomic mass is 10.2. The number of nitrogens with zero attached hydrogens (tertiary/aromatic N) is 5. The Hall–Kier alpha value is -0.770. The number of likely N-dealkylation sites (N-methyl/N-ethyl adjacent to an activating group) is 1. The highest BCUT2D eigenvalue weighted by Gasteiger charge is 2.18. The van der Waals surface area contributed by atoms with Gasteiger partial charge in [-0.2, -0.15) is 0 Å². The Balaban J connectivity index is 2.29. The minimum atomic E-state index is 0.614. The van der Waals surface area contributed by atoms with E-state index < -0.39 is 0 Å². The Labute approximate surface area is 91.7 Å². The summed E-state index contributed by atoms with van der Waals surface area (Å²) in [6, 6.07) is 0.614. The Morgan fingerprint density at radius 1 is 1.47 bits per heavy atom. The highest BCUT2D eigenvalue weighted by atomic mass is 15.2. The summed E-state index contributed by atoms with van der Waals surface area (Å²) in [6.45, 7) is 7.44. The van der Waals surface area contributed by atoms with Crippen molar-refractivity contribution in [3.05, 3.63) is 10.4 Å². The third-order valence-electron chi connectivity index (χ3n) is 2.95. The summed E-state index contributed by atoms with van der Waals surface area (Å²) in [4.78, 5) is 7.65. The minimum Gasteiger partial charge on any atom is -0.305 e. The number of rotatable bonds is 4. The van der Waals surface area contributed by atoms with Gasteiger partial charge in [0.05, 0.1) is 0 Å². The lowest BCUT2D eigenvalue weighted by Gasteiger charge is -2.27. The van der Waals surface area contributed by atoms with E-state index >= 15 is 0 Å². The lowest BCUT2D eigenvalue weighted by molar-refractivity contribution is 0.201. The van der Waals surface area contributed by atoms with Gasteiger partial charge in [-0.05, 0) is 52.0 Å². The van der Waals surface area contributed by atoms with E-state index in [9.17, 15) is 0 Å². The van der Waals surface area contributed by atoms with Gasteiger partial charge in [-0.3, -0.25) is 4.90 Å². The predicted octanol–water partition coefficient (Wildman–Crippen LogP) is 1.71. The zero-order valence-corrected chi connectivity index (χ0v) is 9.76. The van der Waals surface area contributed by atoms with E-state index in [0.29, 0.717) is 12.6 Å². The topological polar surface area (TPSA) is 55.2 Å². The molecule has 1 atom stereocenters. The van der Waals surface area contributed by atoms with E-state index in [1.54, 1.807) is 0 Å². The molecule has 0 aromatic heterocycles. The van der Waals surface area contributed by atoms with Gasteiger partial charge in [0.15, 0.2) is 0 Å². The van der Waals surface area contributed by atoms with Crippen molar-refractivity contribution in [3.63, 3.8) is 0 Å². The molecular formula is C10H21N5. The van der Waals surface area contributed by atoms with Gasteiger partial charge in [-0.25, -0.2) is 0 Å². The van der Waals surface area contributed by atoms with E-state index in [4.69, 9.17) is 5.53 Å². The fraction of sp³-hybridized carbons (Fsp3) is 1.00. The van der Waals surface area contributed by atoms with E-state index in [2.05, 4.69) is 33.8 Å². The molecule has 1 heterocycles. The quantitative estimate of drug-likeness (QED) is 0.308. The molecule has 0 aliphatic carbocycles. The van der Waals surface area contributed by atoms with Crippen LogP contribution in [0.1, 0.15) is 19.8 Å². The van der Waals surface area contributed by atoms with Gasteiger partial charge in [0.25, 0.3) is 0 Å². The maximum absolute atomic E-state index is 8.17. The van der Waals surface area contributed by atoms with Crippen molar-refractivity contribution < 1.29 is 0 Å². The molecule has 1 aliphatic heterocycles. The molecule has 0 radical (unpaired) electrons. The molecular weight excluding hydrogens is 190 g/mol. The molecule has 1 rings (SSSR count). The molecule has 0 spiro atoms. The summed E-state index contributed by atoms with van der Waals surface area (Å²) in [5.74, 6) is 0. The number of hydrogen-bond acceptors (Lipinski definition) is 3. The van der Waals surface area contributed by atoms with Crippen molar-refractivity contribution >= 4 is 0 Å². The average Bonchev–Trinajstić information content (AvgIpc) is 2.35. The Morgan fingerprint density at radius 3 is 3.00 bits per heavy atom. The first-order valence-corrected chi connectivity index (χ1v) is 5.67. The second-order valence-corrected chi connectivity index (χ2v) is 4.31. The van der Waals surface area contributed by atoms with Gasteiger partial charge < -0.3 is 4.90 Å². The van der Waals surface area contributed by atoms with Crippen molar-refractivity contribution in [1.82, 2.24) is 9.80 Å². The van der Waals surface area contributed by atoms with Crippen molar-refractivity contribution in [1.29, 1.82) is 0 Å². The Kier molecular flexibility index (Phi) is 5.47. The van der Waals surface area contributed by atoms with Gasteiger partial charge in [-0.1, -0.05) is 5.11 Å². The van der Waals surface area contributed by atoms with Crippen LogP contribution in [0.2, 0.25) is 0 Å². The number of hydrogen-bond donors (Lipinski definition) is 0. The molecule has 15 heavy (non-hydrogen) atoms. The first kappa shape index (κ1) is 12.3. The first-order chi connectivity index (χ1) is 7.24. The molecule has 0 amide bonds. The fourth-order valence-corrected chi connectivity index (χ4v) is 2.14. The van der Waals surface area contributed by atoms with Crippen LogP contribution in [0.4, 0.5) is 0 Å². The zero-order valence-electron chi connectivity index (χ0n) is 9.76. The number of azide groups is 1. The SMILES string of the molecule is CC1CN(C)CCCN1CCCN=[N+]=[N-]. The fourth-order valence-electron chi connectivity index (χ4n) is 2.14. The van der Waals surface area contributed by atoms with Gasteiger partial charge >= 0.3 is 0 Å². The summed E-state index contributed by atoms with van der Waals surface area (Å²) in [6.07, 6.45) is 2.21. The first-order valence-electron chi connectivity index (χ1n) is 5.67. The lowest BCUT2D eigenvalue weighted by Crippen LogP contribution is -2.38. The molecule has 86 valence electrons. The summed E-state index contributed by atoms with van der Waals surface area (Å²) in [5, 5.41) is 3.56. The Morgan fingerprint density at radius 2 is 2.27 bits per heavy atom. The van der Waals surface area contributed by atoms with Gasteiger partial charge in [-0.15, -0.1) is 0 Å². The van der Waals surface area contributed by atoms with Crippen LogP contribution in [0.25, 0.3) is 10.4 Å². The van der Waals surface area contributed by atoms with E-state index in [-0.39, 0.29) is 0 Å². The third-order valence-corrected chi connectivity index (χ3v) is 2.95.